The number of guanidine groups is 1. The molecule has 1 aromatic carbocycles. The number of aliphatic imine (C=N–C) groups is 1. The molecule has 0 spiro atoms. The second-order valence-corrected chi connectivity index (χ2v) is 8.41. The number of amides is 1. The van der Waals surface area contributed by atoms with Crippen LogP contribution in [0.4, 0.5) is 5.69 Å². The number of nitrogens with one attached hydrogen (secondary N) is 3. The Hall–Kier alpha value is -1.03. The van der Waals surface area contributed by atoms with Crippen molar-refractivity contribution < 1.29 is 4.79 Å². The number of hydrogen-bond donors (Lipinski definition) is 3. The molecule has 0 saturated carbocycles. The molecule has 1 saturated heterocycles. The number of halogens is 2. The molecule has 2 rings (SSSR count). The lowest BCUT2D eigenvalue weighted by Gasteiger charge is -2.23. The second-order valence-electron chi connectivity index (χ2n) is 7.49. The van der Waals surface area contributed by atoms with Gasteiger partial charge in [0.15, 0.2) is 5.96 Å². The zero-order valence-corrected chi connectivity index (χ0v) is 21.1. The van der Waals surface area contributed by atoms with Gasteiger partial charge in [-0.05, 0) is 58.4 Å². The van der Waals surface area contributed by atoms with Crippen molar-refractivity contribution in [2.24, 2.45) is 10.4 Å². The van der Waals surface area contributed by atoms with Crippen molar-refractivity contribution in [3.05, 3.63) is 28.7 Å². The summed E-state index contributed by atoms with van der Waals surface area (Å²) in [6.45, 7) is 11.7. The molecule has 1 aliphatic rings. The van der Waals surface area contributed by atoms with E-state index in [9.17, 15) is 4.79 Å². The van der Waals surface area contributed by atoms with Gasteiger partial charge in [0.25, 0.3) is 0 Å². The smallest absolute Gasteiger partial charge is 0.227 e. The van der Waals surface area contributed by atoms with Crippen LogP contribution in [0.5, 0.6) is 0 Å². The fourth-order valence-electron chi connectivity index (χ4n) is 3.03. The first-order valence-corrected chi connectivity index (χ1v) is 10.5. The van der Waals surface area contributed by atoms with E-state index in [1.54, 1.807) is 0 Å². The molecule has 1 aliphatic heterocycles. The molecule has 1 unspecified atom stereocenters. The number of nitrogens with zero attached hydrogens (tertiary/aromatic N) is 2. The molecule has 1 heterocycles. The fourth-order valence-corrected chi connectivity index (χ4v) is 3.29. The van der Waals surface area contributed by atoms with Crippen LogP contribution in [-0.2, 0) is 4.79 Å². The van der Waals surface area contributed by atoms with E-state index >= 15 is 0 Å². The van der Waals surface area contributed by atoms with Gasteiger partial charge in [-0.25, -0.2) is 0 Å². The van der Waals surface area contributed by atoms with Crippen LogP contribution in [0.1, 0.15) is 34.1 Å². The van der Waals surface area contributed by atoms with Crippen LogP contribution in [-0.4, -0.2) is 50.6 Å². The topological polar surface area (TPSA) is 68.8 Å². The van der Waals surface area contributed by atoms with Crippen molar-refractivity contribution in [1.29, 1.82) is 0 Å². The summed E-state index contributed by atoms with van der Waals surface area (Å²) in [6, 6.07) is 8.76. The Morgan fingerprint density at radius 1 is 1.21 bits per heavy atom. The molecule has 0 bridgehead atoms. The summed E-state index contributed by atoms with van der Waals surface area (Å²) in [5, 5.41) is 9.71. The number of hydrogen-bond acceptors (Lipinski definition) is 3. The molecule has 1 atom stereocenters. The summed E-state index contributed by atoms with van der Waals surface area (Å²) < 4.78 is 1.09. The second kappa shape index (κ2) is 11.8. The van der Waals surface area contributed by atoms with E-state index < -0.39 is 5.41 Å². The minimum Gasteiger partial charge on any atom is -0.369 e. The van der Waals surface area contributed by atoms with E-state index in [1.807, 2.05) is 20.8 Å². The van der Waals surface area contributed by atoms with Crippen molar-refractivity contribution in [1.82, 2.24) is 16.0 Å². The number of carbonyl (C=O) groups excluding carboxylic acids is 1. The highest BCUT2D eigenvalue weighted by Gasteiger charge is 2.28. The van der Waals surface area contributed by atoms with Crippen molar-refractivity contribution in [3.8, 4) is 0 Å². The lowest BCUT2D eigenvalue weighted by molar-refractivity contribution is -0.128. The van der Waals surface area contributed by atoms with Gasteiger partial charge in [-0.1, -0.05) is 15.9 Å². The SMILES string of the molecule is CCNC(=O)C(C)(C)CN=C(NCC)NC1CCN(c2ccc(Br)cc2)C1.I. The zero-order valence-electron chi connectivity index (χ0n) is 17.2. The van der Waals surface area contributed by atoms with Gasteiger partial charge in [-0.2, -0.15) is 0 Å². The maximum Gasteiger partial charge on any atom is 0.227 e. The summed E-state index contributed by atoms with van der Waals surface area (Å²) in [6.07, 6.45) is 1.06. The van der Waals surface area contributed by atoms with Crippen molar-refractivity contribution in [2.75, 3.05) is 37.6 Å². The molecule has 28 heavy (non-hydrogen) atoms. The summed E-state index contributed by atoms with van der Waals surface area (Å²) in [4.78, 5) is 19.2. The Kier molecular flexibility index (Phi) is 10.6. The first-order valence-electron chi connectivity index (χ1n) is 9.69. The van der Waals surface area contributed by atoms with Crippen LogP contribution in [0, 0.1) is 5.41 Å². The molecular weight excluding hydrogens is 533 g/mol. The van der Waals surface area contributed by atoms with E-state index in [1.165, 1.54) is 5.69 Å². The number of carbonyl (C=O) groups is 1. The summed E-state index contributed by atoms with van der Waals surface area (Å²) in [5.74, 6) is 0.810. The Morgan fingerprint density at radius 2 is 1.86 bits per heavy atom. The largest absolute Gasteiger partial charge is 0.369 e. The van der Waals surface area contributed by atoms with Gasteiger partial charge >= 0.3 is 0 Å². The highest BCUT2D eigenvalue weighted by Crippen LogP contribution is 2.22. The van der Waals surface area contributed by atoms with E-state index in [0.717, 1.165) is 36.5 Å². The van der Waals surface area contributed by atoms with Crippen LogP contribution < -0.4 is 20.9 Å². The third-order valence-corrected chi connectivity index (χ3v) is 5.18. The minimum atomic E-state index is -0.530. The molecule has 6 nitrogen and oxygen atoms in total. The van der Waals surface area contributed by atoms with E-state index in [0.29, 0.717) is 19.1 Å². The molecule has 0 radical (unpaired) electrons. The molecule has 3 N–H and O–H groups in total. The molecule has 0 aliphatic carbocycles. The van der Waals surface area contributed by atoms with Gasteiger partial charge in [0.05, 0.1) is 12.0 Å². The maximum atomic E-state index is 12.2. The summed E-state index contributed by atoms with van der Waals surface area (Å²) in [5.41, 5.74) is 0.708. The summed E-state index contributed by atoms with van der Waals surface area (Å²) >= 11 is 3.49. The molecule has 8 heteroatoms. The third kappa shape index (κ3) is 7.42. The van der Waals surface area contributed by atoms with Gasteiger partial charge < -0.3 is 20.9 Å². The van der Waals surface area contributed by atoms with Gasteiger partial charge in [0.1, 0.15) is 0 Å². The summed E-state index contributed by atoms with van der Waals surface area (Å²) in [7, 11) is 0. The molecule has 1 aromatic rings. The molecule has 158 valence electrons. The lowest BCUT2D eigenvalue weighted by atomic mass is 9.92. The van der Waals surface area contributed by atoms with E-state index in [-0.39, 0.29) is 29.9 Å². The first kappa shape index (κ1) is 25.0. The Bertz CT molecular complexity index is 651. The quantitative estimate of drug-likeness (QED) is 0.269. The Labute approximate surface area is 194 Å². The molecule has 0 aromatic heterocycles. The molecule has 1 fully saturated rings. The molecular formula is C20H33BrIN5O. The average molecular weight is 566 g/mol. The number of anilines is 1. The predicted molar refractivity (Wildman–Crippen MR) is 132 cm³/mol. The van der Waals surface area contributed by atoms with Gasteiger partial charge in [0, 0.05) is 42.4 Å². The van der Waals surface area contributed by atoms with Crippen molar-refractivity contribution in [2.45, 2.75) is 40.2 Å². The average Bonchev–Trinajstić information content (AvgIpc) is 3.09. The first-order chi connectivity index (χ1) is 12.9. The molecule has 1 amide bonds. The fraction of sp³-hybridized carbons (Fsp3) is 0.600. The van der Waals surface area contributed by atoms with Crippen LogP contribution >= 0.6 is 39.9 Å². The van der Waals surface area contributed by atoms with Gasteiger partial charge in [-0.15, -0.1) is 24.0 Å². The zero-order chi connectivity index (χ0) is 19.9. The van der Waals surface area contributed by atoms with Crippen LogP contribution in [0.2, 0.25) is 0 Å². The van der Waals surface area contributed by atoms with Crippen LogP contribution in [0.15, 0.2) is 33.7 Å². The van der Waals surface area contributed by atoms with E-state index in [4.69, 9.17) is 0 Å². The van der Waals surface area contributed by atoms with E-state index in [2.05, 4.69) is 73.0 Å². The number of benzene rings is 1. The van der Waals surface area contributed by atoms with Gasteiger partial charge in [-0.3, -0.25) is 9.79 Å². The standard InChI is InChI=1S/C20H32BrN5O.HI/c1-5-22-18(27)20(3,4)14-24-19(23-6-2)25-16-11-12-26(13-16)17-9-7-15(21)8-10-17;/h7-10,16H,5-6,11-14H2,1-4H3,(H,22,27)(H2,23,24,25);1H. The monoisotopic (exact) mass is 565 g/mol. The lowest BCUT2D eigenvalue weighted by Crippen LogP contribution is -2.46. The minimum absolute atomic E-state index is 0. The number of rotatable bonds is 7. The third-order valence-electron chi connectivity index (χ3n) is 4.65. The predicted octanol–water partition coefficient (Wildman–Crippen LogP) is 3.36. The Morgan fingerprint density at radius 3 is 2.46 bits per heavy atom. The van der Waals surface area contributed by atoms with Crippen molar-refractivity contribution in [3.63, 3.8) is 0 Å². The highest BCUT2D eigenvalue weighted by atomic mass is 127. The van der Waals surface area contributed by atoms with Gasteiger partial charge in [0.2, 0.25) is 5.91 Å². The van der Waals surface area contributed by atoms with Crippen LogP contribution in [0.3, 0.4) is 0 Å². The Balaban J connectivity index is 0.00000392. The maximum absolute atomic E-state index is 12.2. The highest BCUT2D eigenvalue weighted by molar-refractivity contribution is 14.0. The van der Waals surface area contributed by atoms with Crippen molar-refractivity contribution >= 4 is 57.5 Å². The van der Waals surface area contributed by atoms with Crippen LogP contribution in [0.25, 0.3) is 0 Å². The normalized spacial score (nSPS) is 17.1.